The number of unbranched alkanes of at least 4 members (excludes halogenated alkanes) is 16. The third-order valence-electron chi connectivity index (χ3n) is 7.56. The molecule has 0 heterocycles. The first-order valence-electron chi connectivity index (χ1n) is 15.8. The van der Waals surface area contributed by atoms with Gasteiger partial charge >= 0.3 is 5.97 Å². The van der Waals surface area contributed by atoms with E-state index < -0.39 is 0 Å². The van der Waals surface area contributed by atoms with E-state index in [0.29, 0.717) is 11.3 Å². The van der Waals surface area contributed by atoms with Crippen LogP contribution in [0.4, 0.5) is 0 Å². The fraction of sp³-hybridized carbons (Fsp3) is 0.629. The molecule has 0 aromatic heterocycles. The topological polar surface area (TPSA) is 46.5 Å². The largest absolute Gasteiger partial charge is 0.508 e. The lowest BCUT2D eigenvalue weighted by Crippen LogP contribution is -2.11. The number of hydrogen-bond donors (Lipinski definition) is 1. The van der Waals surface area contributed by atoms with Crippen LogP contribution in [0.2, 0.25) is 0 Å². The van der Waals surface area contributed by atoms with Crippen molar-refractivity contribution < 1.29 is 14.6 Å². The van der Waals surface area contributed by atoms with Crippen LogP contribution in [-0.2, 0) is 12.8 Å². The smallest absolute Gasteiger partial charge is 0.343 e. The van der Waals surface area contributed by atoms with Gasteiger partial charge in [-0.25, -0.2) is 4.79 Å². The van der Waals surface area contributed by atoms with Gasteiger partial charge < -0.3 is 9.84 Å². The van der Waals surface area contributed by atoms with Gasteiger partial charge in [0, 0.05) is 0 Å². The molecule has 3 heteroatoms. The van der Waals surface area contributed by atoms with Gasteiger partial charge in [-0.05, 0) is 67.1 Å². The second-order valence-corrected chi connectivity index (χ2v) is 11.0. The highest BCUT2D eigenvalue weighted by atomic mass is 16.5. The van der Waals surface area contributed by atoms with Crippen molar-refractivity contribution in [2.24, 2.45) is 0 Å². The highest BCUT2D eigenvalue weighted by molar-refractivity contribution is 5.92. The van der Waals surface area contributed by atoms with Gasteiger partial charge in [0.2, 0.25) is 0 Å². The Balaban J connectivity index is 1.70. The maximum atomic E-state index is 12.9. The van der Waals surface area contributed by atoms with Gasteiger partial charge in [0.15, 0.2) is 0 Å². The number of phenols is 1. The number of carbonyl (C=O) groups is 1. The van der Waals surface area contributed by atoms with Crippen molar-refractivity contribution >= 4 is 5.97 Å². The Labute approximate surface area is 233 Å². The molecule has 2 rings (SSSR count). The van der Waals surface area contributed by atoms with Crippen LogP contribution >= 0.6 is 0 Å². The predicted molar refractivity (Wildman–Crippen MR) is 161 cm³/mol. The number of carbonyl (C=O) groups excluding carboxylic acids is 1. The van der Waals surface area contributed by atoms with Crippen LogP contribution in [0, 0.1) is 0 Å². The van der Waals surface area contributed by atoms with E-state index in [9.17, 15) is 9.90 Å². The molecule has 38 heavy (non-hydrogen) atoms. The van der Waals surface area contributed by atoms with E-state index in [1.54, 1.807) is 18.2 Å². The molecule has 0 amide bonds. The van der Waals surface area contributed by atoms with Crippen molar-refractivity contribution in [1.29, 1.82) is 0 Å². The summed E-state index contributed by atoms with van der Waals surface area (Å²) in [5, 5.41) is 9.98. The van der Waals surface area contributed by atoms with E-state index in [1.165, 1.54) is 108 Å². The maximum absolute atomic E-state index is 12.9. The third kappa shape index (κ3) is 14.0. The SMILES string of the molecule is CCCCCCCCCCCCc1ccc(OC(=O)c2ccc(O)cc2CCCCCCCCCC)cc1. The quantitative estimate of drug-likeness (QED) is 0.0950. The predicted octanol–water partition coefficient (Wildman–Crippen LogP) is 10.8. The van der Waals surface area contributed by atoms with Crippen LogP contribution in [0.5, 0.6) is 11.5 Å². The lowest BCUT2D eigenvalue weighted by molar-refractivity contribution is 0.0733. The molecule has 0 bridgehead atoms. The maximum Gasteiger partial charge on any atom is 0.343 e. The minimum atomic E-state index is -0.345. The van der Waals surface area contributed by atoms with Gasteiger partial charge in [0.25, 0.3) is 0 Å². The van der Waals surface area contributed by atoms with Gasteiger partial charge in [0.1, 0.15) is 11.5 Å². The Morgan fingerprint density at radius 1 is 0.605 bits per heavy atom. The Kier molecular flexibility index (Phi) is 17.3. The second kappa shape index (κ2) is 20.6. The normalized spacial score (nSPS) is 11.1. The zero-order valence-electron chi connectivity index (χ0n) is 24.4. The summed E-state index contributed by atoms with van der Waals surface area (Å²) in [6.45, 7) is 4.51. The summed E-state index contributed by atoms with van der Waals surface area (Å²) in [6.07, 6.45) is 25.3. The highest BCUT2D eigenvalue weighted by Crippen LogP contribution is 2.23. The van der Waals surface area contributed by atoms with E-state index in [4.69, 9.17) is 4.74 Å². The van der Waals surface area contributed by atoms with Gasteiger partial charge in [-0.1, -0.05) is 129 Å². The average molecular weight is 523 g/mol. The van der Waals surface area contributed by atoms with E-state index in [2.05, 4.69) is 26.0 Å². The summed E-state index contributed by atoms with van der Waals surface area (Å²) in [6, 6.07) is 12.9. The average Bonchev–Trinajstić information content (AvgIpc) is 2.92. The molecule has 0 unspecified atom stereocenters. The Bertz CT molecular complexity index is 871. The number of esters is 1. The highest BCUT2D eigenvalue weighted by Gasteiger charge is 2.14. The lowest BCUT2D eigenvalue weighted by Gasteiger charge is -2.11. The van der Waals surface area contributed by atoms with Crippen LogP contribution in [0.15, 0.2) is 42.5 Å². The summed E-state index contributed by atoms with van der Waals surface area (Å²) >= 11 is 0. The monoisotopic (exact) mass is 522 g/mol. The van der Waals surface area contributed by atoms with Crippen molar-refractivity contribution in [3.05, 3.63) is 59.2 Å². The standard InChI is InChI=1S/C35H54O3/c1-3-5-7-9-11-13-14-15-17-19-21-30-23-26-33(27-24-30)38-35(37)34-28-25-32(36)29-31(34)22-20-18-16-12-10-8-6-4-2/h23-29,36H,3-22H2,1-2H3. The number of rotatable bonds is 22. The van der Waals surface area contributed by atoms with E-state index >= 15 is 0 Å². The van der Waals surface area contributed by atoms with Gasteiger partial charge in [-0.15, -0.1) is 0 Å². The first-order valence-corrected chi connectivity index (χ1v) is 15.8. The summed E-state index contributed by atoms with van der Waals surface area (Å²) < 4.78 is 5.70. The van der Waals surface area contributed by atoms with Crippen molar-refractivity contribution in [2.45, 2.75) is 142 Å². The van der Waals surface area contributed by atoms with E-state index in [-0.39, 0.29) is 11.7 Å². The minimum Gasteiger partial charge on any atom is -0.508 e. The van der Waals surface area contributed by atoms with Crippen molar-refractivity contribution in [2.75, 3.05) is 0 Å². The fourth-order valence-corrected chi connectivity index (χ4v) is 5.14. The van der Waals surface area contributed by atoms with Gasteiger partial charge in [0.05, 0.1) is 5.56 Å². The van der Waals surface area contributed by atoms with Crippen molar-refractivity contribution in [3.8, 4) is 11.5 Å². The molecule has 0 spiro atoms. The van der Waals surface area contributed by atoms with Crippen molar-refractivity contribution in [1.82, 2.24) is 0 Å². The van der Waals surface area contributed by atoms with Crippen LogP contribution in [0.1, 0.15) is 151 Å². The molecule has 212 valence electrons. The number of hydrogen-bond acceptors (Lipinski definition) is 3. The molecule has 0 saturated heterocycles. The Morgan fingerprint density at radius 3 is 1.61 bits per heavy atom. The number of aromatic hydroxyl groups is 1. The van der Waals surface area contributed by atoms with E-state index in [1.807, 2.05) is 12.1 Å². The first-order chi connectivity index (χ1) is 18.6. The summed E-state index contributed by atoms with van der Waals surface area (Å²) in [4.78, 5) is 12.9. The molecular formula is C35H54O3. The number of aryl methyl sites for hydroxylation is 2. The summed E-state index contributed by atoms with van der Waals surface area (Å²) in [5.41, 5.74) is 2.73. The molecule has 1 N–H and O–H groups in total. The molecule has 0 atom stereocenters. The summed E-state index contributed by atoms with van der Waals surface area (Å²) in [7, 11) is 0. The molecule has 0 aliphatic heterocycles. The first kappa shape index (κ1) is 31.9. The fourth-order valence-electron chi connectivity index (χ4n) is 5.14. The third-order valence-corrected chi connectivity index (χ3v) is 7.56. The zero-order valence-corrected chi connectivity index (χ0v) is 24.4. The summed E-state index contributed by atoms with van der Waals surface area (Å²) in [5.74, 6) is 0.433. The molecule has 2 aromatic carbocycles. The molecule has 3 nitrogen and oxygen atoms in total. The zero-order chi connectivity index (χ0) is 27.3. The Morgan fingerprint density at radius 2 is 1.08 bits per heavy atom. The number of benzene rings is 2. The molecule has 0 radical (unpaired) electrons. The molecule has 0 saturated carbocycles. The van der Waals surface area contributed by atoms with Crippen LogP contribution in [0.3, 0.4) is 0 Å². The van der Waals surface area contributed by atoms with E-state index in [0.717, 1.165) is 31.2 Å². The molecular weight excluding hydrogens is 468 g/mol. The lowest BCUT2D eigenvalue weighted by atomic mass is 9.99. The van der Waals surface area contributed by atoms with Crippen LogP contribution < -0.4 is 4.74 Å². The Hall–Kier alpha value is -2.29. The second-order valence-electron chi connectivity index (χ2n) is 11.0. The number of phenolic OH excluding ortho intramolecular Hbond substituents is 1. The molecule has 0 fully saturated rings. The number of ether oxygens (including phenoxy) is 1. The van der Waals surface area contributed by atoms with Gasteiger partial charge in [-0.3, -0.25) is 0 Å². The van der Waals surface area contributed by atoms with Gasteiger partial charge in [-0.2, -0.15) is 0 Å². The van der Waals surface area contributed by atoms with Crippen LogP contribution in [-0.4, -0.2) is 11.1 Å². The minimum absolute atomic E-state index is 0.201. The van der Waals surface area contributed by atoms with Crippen molar-refractivity contribution in [3.63, 3.8) is 0 Å². The van der Waals surface area contributed by atoms with Crippen LogP contribution in [0.25, 0.3) is 0 Å². The molecule has 2 aromatic rings. The molecule has 0 aliphatic rings. The molecule has 0 aliphatic carbocycles.